The average molecular weight is 352 g/mol. The molecule has 5 nitrogen and oxygen atoms in total. The highest BCUT2D eigenvalue weighted by molar-refractivity contribution is 9.10. The molecular weight excluding hydrogens is 334 g/mol. The summed E-state index contributed by atoms with van der Waals surface area (Å²) in [5.41, 5.74) is 6.27. The third-order valence-corrected chi connectivity index (χ3v) is 4.01. The van der Waals surface area contributed by atoms with E-state index < -0.39 is 0 Å². The summed E-state index contributed by atoms with van der Waals surface area (Å²) in [6, 6.07) is 7.63. The minimum Gasteiger partial charge on any atom is -0.369 e. The van der Waals surface area contributed by atoms with Gasteiger partial charge in [0.2, 0.25) is 5.91 Å². The molecule has 3 amide bonds. The number of primary amides is 1. The predicted molar refractivity (Wildman–Crippen MR) is 85.2 cm³/mol. The van der Waals surface area contributed by atoms with Crippen LogP contribution in [0.1, 0.15) is 18.4 Å². The van der Waals surface area contributed by atoms with E-state index in [9.17, 15) is 9.59 Å². The van der Waals surface area contributed by atoms with Crippen molar-refractivity contribution in [3.8, 4) is 0 Å². The standard InChI is InChI=1S/C15H18BrN3O2/c16-13-3-1-2-11(10-13)4-7-18-15(21)19-8-5-12(6-9-19)14(17)20/h1-4,7,10,12H,5-6,8-9H2,(H2,17,20)(H,18,21)/b7-4+. The number of carbonyl (C=O) groups excluding carboxylic acids is 2. The van der Waals surface area contributed by atoms with Gasteiger partial charge in [-0.2, -0.15) is 0 Å². The second-order valence-corrected chi connectivity index (χ2v) is 5.92. The number of carbonyl (C=O) groups is 2. The number of halogens is 1. The number of likely N-dealkylation sites (tertiary alicyclic amines) is 1. The first-order chi connectivity index (χ1) is 10.1. The molecule has 1 saturated heterocycles. The Labute approximate surface area is 132 Å². The van der Waals surface area contributed by atoms with E-state index in [-0.39, 0.29) is 17.9 Å². The van der Waals surface area contributed by atoms with Crippen LogP contribution < -0.4 is 11.1 Å². The molecule has 0 bridgehead atoms. The third kappa shape index (κ3) is 4.60. The van der Waals surface area contributed by atoms with Gasteiger partial charge in [-0.3, -0.25) is 4.79 Å². The zero-order chi connectivity index (χ0) is 15.2. The van der Waals surface area contributed by atoms with Crippen LogP contribution >= 0.6 is 15.9 Å². The smallest absolute Gasteiger partial charge is 0.321 e. The highest BCUT2D eigenvalue weighted by Gasteiger charge is 2.25. The molecule has 0 unspecified atom stereocenters. The molecule has 0 radical (unpaired) electrons. The SMILES string of the molecule is NC(=O)C1CCN(C(=O)N/C=C/c2cccc(Br)c2)CC1. The van der Waals surface area contributed by atoms with Gasteiger partial charge in [-0.25, -0.2) is 4.79 Å². The molecule has 112 valence electrons. The molecule has 0 saturated carbocycles. The maximum Gasteiger partial charge on any atom is 0.321 e. The van der Waals surface area contributed by atoms with Crippen LogP contribution in [0, 0.1) is 5.92 Å². The number of nitrogens with zero attached hydrogens (tertiary/aromatic N) is 1. The molecule has 2 rings (SSSR count). The molecule has 0 spiro atoms. The fourth-order valence-electron chi connectivity index (χ4n) is 2.28. The highest BCUT2D eigenvalue weighted by atomic mass is 79.9. The first-order valence-corrected chi connectivity index (χ1v) is 7.62. The van der Waals surface area contributed by atoms with Crippen LogP contribution in [0.3, 0.4) is 0 Å². The lowest BCUT2D eigenvalue weighted by molar-refractivity contribution is -0.122. The minimum absolute atomic E-state index is 0.105. The van der Waals surface area contributed by atoms with Gasteiger partial charge in [0.25, 0.3) is 0 Å². The largest absolute Gasteiger partial charge is 0.369 e. The topological polar surface area (TPSA) is 75.4 Å². The van der Waals surface area contributed by atoms with Gasteiger partial charge in [0.05, 0.1) is 0 Å². The van der Waals surface area contributed by atoms with Crippen molar-refractivity contribution < 1.29 is 9.59 Å². The van der Waals surface area contributed by atoms with Gasteiger partial charge in [0.15, 0.2) is 0 Å². The number of rotatable bonds is 3. The maximum absolute atomic E-state index is 12.0. The van der Waals surface area contributed by atoms with Gasteiger partial charge >= 0.3 is 6.03 Å². The number of nitrogens with one attached hydrogen (secondary N) is 1. The second kappa shape index (κ2) is 7.26. The number of amides is 3. The number of hydrogen-bond donors (Lipinski definition) is 2. The summed E-state index contributed by atoms with van der Waals surface area (Å²) in [6.45, 7) is 1.12. The molecule has 0 aromatic heterocycles. The number of hydrogen-bond acceptors (Lipinski definition) is 2. The van der Waals surface area contributed by atoms with E-state index >= 15 is 0 Å². The Balaban J connectivity index is 1.81. The molecule has 1 fully saturated rings. The molecule has 1 aliphatic rings. The van der Waals surface area contributed by atoms with Gasteiger partial charge in [-0.1, -0.05) is 28.1 Å². The molecule has 0 aliphatic carbocycles. The Morgan fingerprint density at radius 1 is 1.33 bits per heavy atom. The Hall–Kier alpha value is -1.82. The molecule has 3 N–H and O–H groups in total. The molecule has 1 aromatic rings. The van der Waals surface area contributed by atoms with Gasteiger partial charge in [0.1, 0.15) is 0 Å². The van der Waals surface area contributed by atoms with Crippen LogP contribution in [-0.2, 0) is 4.79 Å². The summed E-state index contributed by atoms with van der Waals surface area (Å²) < 4.78 is 0.990. The Bertz CT molecular complexity index is 552. The predicted octanol–water partition coefficient (Wildman–Crippen LogP) is 2.33. The van der Waals surface area contributed by atoms with E-state index in [1.165, 1.54) is 0 Å². The lowest BCUT2D eigenvalue weighted by atomic mass is 9.96. The number of benzene rings is 1. The zero-order valence-corrected chi connectivity index (χ0v) is 13.2. The molecule has 0 atom stereocenters. The number of urea groups is 1. The van der Waals surface area contributed by atoms with Gasteiger partial charge in [-0.05, 0) is 36.6 Å². The summed E-state index contributed by atoms with van der Waals surface area (Å²) in [5, 5.41) is 2.74. The molecule has 21 heavy (non-hydrogen) atoms. The van der Waals surface area contributed by atoms with Crippen molar-refractivity contribution in [2.24, 2.45) is 11.7 Å². The average Bonchev–Trinajstić information content (AvgIpc) is 2.47. The van der Waals surface area contributed by atoms with E-state index in [0.717, 1.165) is 10.0 Å². The summed E-state index contributed by atoms with van der Waals surface area (Å²) in [6.07, 6.45) is 4.74. The van der Waals surface area contributed by atoms with Crippen molar-refractivity contribution in [3.63, 3.8) is 0 Å². The van der Waals surface area contributed by atoms with Gasteiger partial charge in [0, 0.05) is 29.7 Å². The molecular formula is C15H18BrN3O2. The summed E-state index contributed by atoms with van der Waals surface area (Å²) in [5.74, 6) is -0.379. The van der Waals surface area contributed by atoms with E-state index in [0.29, 0.717) is 25.9 Å². The lowest BCUT2D eigenvalue weighted by Crippen LogP contribution is -2.45. The Morgan fingerprint density at radius 2 is 2.05 bits per heavy atom. The zero-order valence-electron chi connectivity index (χ0n) is 11.6. The van der Waals surface area contributed by atoms with E-state index in [4.69, 9.17) is 5.73 Å². The van der Waals surface area contributed by atoms with E-state index in [1.807, 2.05) is 30.3 Å². The normalized spacial score (nSPS) is 16.1. The van der Waals surface area contributed by atoms with Crippen LogP contribution in [0.15, 0.2) is 34.9 Å². The van der Waals surface area contributed by atoms with Gasteiger partial charge in [-0.15, -0.1) is 0 Å². The Morgan fingerprint density at radius 3 is 2.67 bits per heavy atom. The second-order valence-electron chi connectivity index (χ2n) is 5.00. The lowest BCUT2D eigenvalue weighted by Gasteiger charge is -2.30. The van der Waals surface area contributed by atoms with Crippen molar-refractivity contribution in [1.29, 1.82) is 0 Å². The van der Waals surface area contributed by atoms with Crippen molar-refractivity contribution >= 4 is 33.9 Å². The van der Waals surface area contributed by atoms with Gasteiger partial charge < -0.3 is 16.0 Å². The summed E-state index contributed by atoms with van der Waals surface area (Å²) >= 11 is 3.40. The summed E-state index contributed by atoms with van der Waals surface area (Å²) in [7, 11) is 0. The van der Waals surface area contributed by atoms with Crippen molar-refractivity contribution in [2.45, 2.75) is 12.8 Å². The summed E-state index contributed by atoms with van der Waals surface area (Å²) in [4.78, 5) is 24.7. The monoisotopic (exact) mass is 351 g/mol. The van der Waals surface area contributed by atoms with Crippen LogP contribution in [-0.4, -0.2) is 29.9 Å². The maximum atomic E-state index is 12.0. The third-order valence-electron chi connectivity index (χ3n) is 3.52. The molecule has 1 heterocycles. The first-order valence-electron chi connectivity index (χ1n) is 6.83. The molecule has 1 aromatic carbocycles. The number of piperidine rings is 1. The quantitative estimate of drug-likeness (QED) is 0.876. The number of nitrogens with two attached hydrogens (primary N) is 1. The minimum atomic E-state index is -0.274. The van der Waals surface area contributed by atoms with Crippen molar-refractivity contribution in [3.05, 3.63) is 40.5 Å². The first kappa shape index (κ1) is 15.6. The van der Waals surface area contributed by atoms with Crippen LogP contribution in [0.5, 0.6) is 0 Å². The fourth-order valence-corrected chi connectivity index (χ4v) is 2.69. The van der Waals surface area contributed by atoms with Crippen LogP contribution in [0.4, 0.5) is 4.79 Å². The molecule has 1 aliphatic heterocycles. The molecule has 6 heteroatoms. The van der Waals surface area contributed by atoms with Crippen molar-refractivity contribution in [1.82, 2.24) is 10.2 Å². The fraction of sp³-hybridized carbons (Fsp3) is 0.333. The Kier molecular flexibility index (Phi) is 5.38. The van der Waals surface area contributed by atoms with Crippen LogP contribution in [0.2, 0.25) is 0 Å². The van der Waals surface area contributed by atoms with E-state index in [2.05, 4.69) is 21.2 Å². The van der Waals surface area contributed by atoms with E-state index in [1.54, 1.807) is 11.1 Å². The highest BCUT2D eigenvalue weighted by Crippen LogP contribution is 2.16. The van der Waals surface area contributed by atoms with Crippen LogP contribution in [0.25, 0.3) is 6.08 Å². The van der Waals surface area contributed by atoms with Crippen molar-refractivity contribution in [2.75, 3.05) is 13.1 Å².